The first kappa shape index (κ1) is 13.9. The molecule has 2 fully saturated rings. The van der Waals surface area contributed by atoms with E-state index >= 15 is 0 Å². The van der Waals surface area contributed by atoms with Crippen LogP contribution in [0, 0.1) is 5.92 Å². The molecule has 2 unspecified atom stereocenters. The van der Waals surface area contributed by atoms with Crippen LogP contribution in [0.5, 0.6) is 11.5 Å². The zero-order chi connectivity index (χ0) is 14.2. The summed E-state index contributed by atoms with van der Waals surface area (Å²) in [4.78, 5) is 2.56. The lowest BCUT2D eigenvalue weighted by Gasteiger charge is -2.24. The molecule has 0 aromatic heterocycles. The Balaban J connectivity index is 1.49. The molecule has 0 saturated carbocycles. The number of hydrogen-bond donors (Lipinski definition) is 1. The highest BCUT2D eigenvalue weighted by Crippen LogP contribution is 2.36. The molecule has 2 saturated heterocycles. The Bertz CT molecular complexity index is 523. The molecule has 2 atom stereocenters. The molecule has 0 amide bonds. The van der Waals surface area contributed by atoms with E-state index in [-0.39, 0.29) is 0 Å². The fourth-order valence-corrected chi connectivity index (χ4v) is 4.18. The smallest absolute Gasteiger partial charge is 0.162 e. The molecule has 5 heteroatoms. The second-order valence-corrected chi connectivity index (χ2v) is 7.10. The maximum absolute atomic E-state index is 5.70. The number of likely N-dealkylation sites (tertiary alicyclic amines) is 1. The van der Waals surface area contributed by atoms with Crippen LogP contribution in [0.3, 0.4) is 0 Å². The van der Waals surface area contributed by atoms with Gasteiger partial charge in [0.25, 0.3) is 0 Å². The SMILES string of the molecule is Brc1cc2c(cc1CN1CC3CCCNC3C1)OCCO2. The minimum absolute atomic E-state index is 0.639. The van der Waals surface area contributed by atoms with Crippen molar-refractivity contribution in [3.8, 4) is 11.5 Å². The number of nitrogens with one attached hydrogen (secondary N) is 1. The van der Waals surface area contributed by atoms with E-state index in [9.17, 15) is 0 Å². The van der Waals surface area contributed by atoms with Gasteiger partial charge in [-0.1, -0.05) is 15.9 Å². The van der Waals surface area contributed by atoms with Crippen LogP contribution in [-0.2, 0) is 6.54 Å². The molecule has 3 heterocycles. The standard InChI is InChI=1S/C16H21BrN2O2/c17-13-7-16-15(20-4-5-21-16)6-12(13)9-19-8-11-2-1-3-18-14(11)10-19/h6-7,11,14,18H,1-5,8-10H2. The number of fused-ring (bicyclic) bond motifs is 2. The molecule has 114 valence electrons. The van der Waals surface area contributed by atoms with Crippen LogP contribution in [0.4, 0.5) is 0 Å². The summed E-state index contributed by atoms with van der Waals surface area (Å²) >= 11 is 3.68. The van der Waals surface area contributed by atoms with Gasteiger partial charge >= 0.3 is 0 Å². The van der Waals surface area contributed by atoms with Crippen LogP contribution in [0.15, 0.2) is 16.6 Å². The number of nitrogens with zero attached hydrogens (tertiary/aromatic N) is 1. The molecule has 1 aromatic carbocycles. The maximum atomic E-state index is 5.70. The van der Waals surface area contributed by atoms with E-state index < -0.39 is 0 Å². The highest BCUT2D eigenvalue weighted by atomic mass is 79.9. The van der Waals surface area contributed by atoms with Crippen molar-refractivity contribution in [2.75, 3.05) is 32.8 Å². The van der Waals surface area contributed by atoms with Gasteiger partial charge in [-0.25, -0.2) is 0 Å². The summed E-state index contributed by atoms with van der Waals surface area (Å²) in [5.74, 6) is 2.57. The van der Waals surface area contributed by atoms with E-state index in [0.29, 0.717) is 19.3 Å². The summed E-state index contributed by atoms with van der Waals surface area (Å²) in [5, 5.41) is 3.66. The predicted octanol–water partition coefficient (Wildman–Crippen LogP) is 2.40. The van der Waals surface area contributed by atoms with Crippen molar-refractivity contribution in [1.82, 2.24) is 10.2 Å². The lowest BCUT2D eigenvalue weighted by Crippen LogP contribution is -2.40. The van der Waals surface area contributed by atoms with Crippen molar-refractivity contribution in [2.24, 2.45) is 5.92 Å². The average Bonchev–Trinajstić information content (AvgIpc) is 2.90. The number of ether oxygens (including phenoxy) is 2. The highest BCUT2D eigenvalue weighted by Gasteiger charge is 2.34. The van der Waals surface area contributed by atoms with Crippen molar-refractivity contribution in [1.29, 1.82) is 0 Å². The van der Waals surface area contributed by atoms with Crippen LogP contribution in [0.1, 0.15) is 18.4 Å². The second kappa shape index (κ2) is 5.78. The Morgan fingerprint density at radius 3 is 2.81 bits per heavy atom. The van der Waals surface area contributed by atoms with Crippen molar-refractivity contribution < 1.29 is 9.47 Å². The third kappa shape index (κ3) is 2.79. The van der Waals surface area contributed by atoms with E-state index in [4.69, 9.17) is 9.47 Å². The molecular formula is C16H21BrN2O2. The average molecular weight is 353 g/mol. The van der Waals surface area contributed by atoms with Crippen LogP contribution in [-0.4, -0.2) is 43.8 Å². The zero-order valence-corrected chi connectivity index (χ0v) is 13.7. The molecule has 1 aromatic rings. The predicted molar refractivity (Wildman–Crippen MR) is 84.9 cm³/mol. The Labute approximate surface area is 133 Å². The topological polar surface area (TPSA) is 33.7 Å². The van der Waals surface area contributed by atoms with Crippen LogP contribution in [0.2, 0.25) is 0 Å². The first-order chi connectivity index (χ1) is 10.3. The van der Waals surface area contributed by atoms with E-state index in [1.165, 1.54) is 31.5 Å². The summed E-state index contributed by atoms with van der Waals surface area (Å²) in [5.41, 5.74) is 1.29. The van der Waals surface area contributed by atoms with E-state index in [2.05, 4.69) is 32.2 Å². The normalized spacial score (nSPS) is 28.4. The summed E-state index contributed by atoms with van der Waals surface area (Å²) < 4.78 is 12.4. The molecule has 21 heavy (non-hydrogen) atoms. The van der Waals surface area contributed by atoms with Gasteiger partial charge in [-0.2, -0.15) is 0 Å². The minimum Gasteiger partial charge on any atom is -0.486 e. The molecule has 0 radical (unpaired) electrons. The fraction of sp³-hybridized carbons (Fsp3) is 0.625. The zero-order valence-electron chi connectivity index (χ0n) is 12.1. The minimum atomic E-state index is 0.639. The van der Waals surface area contributed by atoms with Crippen molar-refractivity contribution in [3.63, 3.8) is 0 Å². The van der Waals surface area contributed by atoms with Crippen LogP contribution >= 0.6 is 15.9 Å². The molecule has 4 nitrogen and oxygen atoms in total. The van der Waals surface area contributed by atoms with Gasteiger partial charge in [-0.15, -0.1) is 0 Å². The summed E-state index contributed by atoms with van der Waals surface area (Å²) in [6.07, 6.45) is 2.69. The quantitative estimate of drug-likeness (QED) is 0.886. The molecule has 1 N–H and O–H groups in total. The Morgan fingerprint density at radius 2 is 2.00 bits per heavy atom. The number of benzene rings is 1. The second-order valence-electron chi connectivity index (χ2n) is 6.24. The largest absolute Gasteiger partial charge is 0.486 e. The Kier molecular flexibility index (Phi) is 3.81. The van der Waals surface area contributed by atoms with Crippen LogP contribution < -0.4 is 14.8 Å². The van der Waals surface area contributed by atoms with Crippen LogP contribution in [0.25, 0.3) is 0 Å². The number of piperidine rings is 1. The van der Waals surface area contributed by atoms with E-state index in [1.54, 1.807) is 0 Å². The van der Waals surface area contributed by atoms with Gasteiger partial charge in [0, 0.05) is 30.1 Å². The molecule has 3 aliphatic rings. The summed E-state index contributed by atoms with van der Waals surface area (Å²) in [6.45, 7) is 5.81. The van der Waals surface area contributed by atoms with Gasteiger partial charge in [0.1, 0.15) is 13.2 Å². The lowest BCUT2D eigenvalue weighted by molar-refractivity contribution is 0.171. The van der Waals surface area contributed by atoms with Gasteiger partial charge in [-0.3, -0.25) is 4.90 Å². The Hall–Kier alpha value is -0.780. The van der Waals surface area contributed by atoms with Crippen molar-refractivity contribution in [2.45, 2.75) is 25.4 Å². The van der Waals surface area contributed by atoms with E-state index in [1.807, 2.05) is 6.07 Å². The van der Waals surface area contributed by atoms with Gasteiger partial charge in [0.05, 0.1) is 0 Å². The highest BCUT2D eigenvalue weighted by molar-refractivity contribution is 9.10. The molecule has 0 aliphatic carbocycles. The third-order valence-corrected chi connectivity index (χ3v) is 5.52. The molecular weight excluding hydrogens is 332 g/mol. The monoisotopic (exact) mass is 352 g/mol. The molecule has 0 bridgehead atoms. The van der Waals surface area contributed by atoms with Gasteiger partial charge < -0.3 is 14.8 Å². The first-order valence-corrected chi connectivity index (χ1v) is 8.62. The third-order valence-electron chi connectivity index (χ3n) is 4.78. The first-order valence-electron chi connectivity index (χ1n) is 7.83. The molecule has 0 spiro atoms. The van der Waals surface area contributed by atoms with Gasteiger partial charge in [-0.05, 0) is 43.0 Å². The van der Waals surface area contributed by atoms with Gasteiger partial charge in [0.15, 0.2) is 11.5 Å². The maximum Gasteiger partial charge on any atom is 0.162 e. The molecule has 4 rings (SSSR count). The number of halogens is 1. The fourth-order valence-electron chi connectivity index (χ4n) is 3.73. The Morgan fingerprint density at radius 1 is 1.19 bits per heavy atom. The van der Waals surface area contributed by atoms with E-state index in [0.717, 1.165) is 35.0 Å². The number of rotatable bonds is 2. The van der Waals surface area contributed by atoms with Gasteiger partial charge in [0.2, 0.25) is 0 Å². The van der Waals surface area contributed by atoms with Crippen molar-refractivity contribution in [3.05, 3.63) is 22.2 Å². The lowest BCUT2D eigenvalue weighted by atomic mass is 9.94. The summed E-state index contributed by atoms with van der Waals surface area (Å²) in [7, 11) is 0. The molecule has 3 aliphatic heterocycles. The number of hydrogen-bond acceptors (Lipinski definition) is 4. The van der Waals surface area contributed by atoms with Crippen molar-refractivity contribution >= 4 is 15.9 Å². The summed E-state index contributed by atoms with van der Waals surface area (Å²) in [6, 6.07) is 4.87.